The van der Waals surface area contributed by atoms with E-state index >= 15 is 0 Å². The van der Waals surface area contributed by atoms with Crippen molar-refractivity contribution in [3.8, 4) is 0 Å². The van der Waals surface area contributed by atoms with Gasteiger partial charge in [0, 0.05) is 30.7 Å². The minimum atomic E-state index is -0.297. The molecule has 0 aliphatic carbocycles. The largest absolute Gasteiger partial charge is 0.395 e. The van der Waals surface area contributed by atoms with Crippen molar-refractivity contribution in [2.45, 2.75) is 0 Å². The van der Waals surface area contributed by atoms with Crippen molar-refractivity contribution in [1.29, 1.82) is 0 Å². The van der Waals surface area contributed by atoms with Gasteiger partial charge in [-0.3, -0.25) is 9.20 Å². The predicted molar refractivity (Wildman–Crippen MR) is 77.9 cm³/mol. The minimum Gasteiger partial charge on any atom is -0.395 e. The molecule has 0 unspecified atom stereocenters. The molecule has 2 rings (SSSR count). The fourth-order valence-electron chi connectivity index (χ4n) is 1.76. The number of nitrogens with zero attached hydrogens (tertiary/aromatic N) is 3. The van der Waals surface area contributed by atoms with E-state index < -0.39 is 0 Å². The molecular weight excluding hydrogens is 302 g/mol. The summed E-state index contributed by atoms with van der Waals surface area (Å²) in [4.78, 5) is 18.2. The fraction of sp³-hybridized carbons (Fsp3) is 0.333. The van der Waals surface area contributed by atoms with Gasteiger partial charge in [-0.25, -0.2) is 4.98 Å². The summed E-state index contributed by atoms with van der Waals surface area (Å²) in [6.45, 7) is 0.0546. The van der Waals surface area contributed by atoms with E-state index in [1.807, 2.05) is 11.6 Å². The van der Waals surface area contributed by atoms with Crippen LogP contribution in [0.25, 0.3) is 11.0 Å². The molecule has 0 fully saturated rings. The number of hydrogen-bond acceptors (Lipinski definition) is 5. The van der Waals surface area contributed by atoms with Crippen molar-refractivity contribution < 1.29 is 15.0 Å². The zero-order valence-electron chi connectivity index (χ0n) is 10.6. The monoisotopic (exact) mass is 315 g/mol. The number of aliphatic hydroxyl groups excluding tert-OH is 2. The number of thiazole rings is 1. The van der Waals surface area contributed by atoms with Gasteiger partial charge in [-0.15, -0.1) is 11.3 Å². The Morgan fingerprint density at radius 1 is 1.45 bits per heavy atom. The fourth-order valence-corrected chi connectivity index (χ4v) is 2.76. The van der Waals surface area contributed by atoms with E-state index in [-0.39, 0.29) is 32.2 Å². The molecule has 0 atom stereocenters. The number of hydrogen-bond donors (Lipinski definition) is 2. The first-order chi connectivity index (χ1) is 9.67. The molecule has 0 spiro atoms. The Kier molecular flexibility index (Phi) is 5.13. The maximum Gasteiger partial charge on any atom is 0.246 e. The van der Waals surface area contributed by atoms with Crippen LogP contribution in [0.5, 0.6) is 0 Å². The van der Waals surface area contributed by atoms with Gasteiger partial charge in [-0.2, -0.15) is 0 Å². The van der Waals surface area contributed by atoms with E-state index in [0.717, 1.165) is 4.96 Å². The molecule has 108 valence electrons. The summed E-state index contributed by atoms with van der Waals surface area (Å²) in [5, 5.41) is 20.0. The third-order valence-electron chi connectivity index (χ3n) is 2.69. The number of carbonyl (C=O) groups is 1. The molecule has 2 N–H and O–H groups in total. The molecule has 6 nitrogen and oxygen atoms in total. The maximum atomic E-state index is 12.0. The average molecular weight is 316 g/mol. The van der Waals surface area contributed by atoms with Gasteiger partial charge in [0.1, 0.15) is 0 Å². The number of aromatic nitrogens is 2. The van der Waals surface area contributed by atoms with Crippen LogP contribution in [0.2, 0.25) is 5.15 Å². The van der Waals surface area contributed by atoms with Crippen molar-refractivity contribution in [2.24, 2.45) is 0 Å². The van der Waals surface area contributed by atoms with E-state index in [2.05, 4.69) is 4.98 Å². The molecule has 0 radical (unpaired) electrons. The van der Waals surface area contributed by atoms with Crippen LogP contribution in [0, 0.1) is 0 Å². The number of imidazole rings is 1. The summed E-state index contributed by atoms with van der Waals surface area (Å²) >= 11 is 7.46. The second-order valence-corrected chi connectivity index (χ2v) is 5.18. The summed E-state index contributed by atoms with van der Waals surface area (Å²) in [7, 11) is 0. The van der Waals surface area contributed by atoms with E-state index in [1.165, 1.54) is 22.3 Å². The van der Waals surface area contributed by atoms with Crippen LogP contribution in [0.15, 0.2) is 17.7 Å². The third kappa shape index (κ3) is 3.18. The first kappa shape index (κ1) is 15.0. The highest BCUT2D eigenvalue weighted by Crippen LogP contribution is 2.22. The summed E-state index contributed by atoms with van der Waals surface area (Å²) < 4.78 is 1.79. The maximum absolute atomic E-state index is 12.0. The molecule has 2 aromatic rings. The Bertz CT molecular complexity index is 617. The predicted octanol–water partition coefficient (Wildman–Crippen LogP) is 0.876. The Morgan fingerprint density at radius 3 is 2.80 bits per heavy atom. The van der Waals surface area contributed by atoms with Crippen molar-refractivity contribution in [3.05, 3.63) is 28.5 Å². The van der Waals surface area contributed by atoms with Gasteiger partial charge in [0.25, 0.3) is 0 Å². The van der Waals surface area contributed by atoms with Crippen molar-refractivity contribution in [3.63, 3.8) is 0 Å². The van der Waals surface area contributed by atoms with Crippen LogP contribution < -0.4 is 0 Å². The molecule has 8 heteroatoms. The van der Waals surface area contributed by atoms with Crippen LogP contribution in [0.4, 0.5) is 0 Å². The molecule has 0 aliphatic heterocycles. The number of amides is 1. The molecular formula is C12H14ClN3O3S. The Morgan fingerprint density at radius 2 is 2.15 bits per heavy atom. The first-order valence-electron chi connectivity index (χ1n) is 5.97. The minimum absolute atomic E-state index is 0.151. The quantitative estimate of drug-likeness (QED) is 0.776. The van der Waals surface area contributed by atoms with Gasteiger partial charge in [-0.05, 0) is 6.08 Å². The number of rotatable bonds is 6. The van der Waals surface area contributed by atoms with Gasteiger partial charge >= 0.3 is 0 Å². The molecule has 0 saturated heterocycles. The summed E-state index contributed by atoms with van der Waals surface area (Å²) in [5.41, 5.74) is 0.629. The lowest BCUT2D eigenvalue weighted by molar-refractivity contribution is -0.126. The van der Waals surface area contributed by atoms with E-state index in [4.69, 9.17) is 21.8 Å². The van der Waals surface area contributed by atoms with Gasteiger partial charge < -0.3 is 15.1 Å². The van der Waals surface area contributed by atoms with Crippen LogP contribution >= 0.6 is 22.9 Å². The van der Waals surface area contributed by atoms with Crippen LogP contribution in [-0.4, -0.2) is 56.7 Å². The number of halogens is 1. The molecule has 0 aromatic carbocycles. The van der Waals surface area contributed by atoms with Gasteiger partial charge in [0.2, 0.25) is 5.91 Å². The second kappa shape index (κ2) is 6.85. The van der Waals surface area contributed by atoms with E-state index in [1.54, 1.807) is 10.5 Å². The highest BCUT2D eigenvalue weighted by Gasteiger charge is 2.11. The molecule has 0 bridgehead atoms. The summed E-state index contributed by atoms with van der Waals surface area (Å²) in [6, 6.07) is 0. The standard InChI is InChI=1S/C12H14ClN3O3S/c13-11-9(16-5-8-20-12(16)14-11)1-2-10(19)15(3-6-17)4-7-18/h1-2,5,8,17-18H,3-4,6-7H2/b2-1+. The smallest absolute Gasteiger partial charge is 0.246 e. The van der Waals surface area contributed by atoms with Crippen LogP contribution in [0.1, 0.15) is 5.69 Å². The number of fused-ring (bicyclic) bond motifs is 1. The van der Waals surface area contributed by atoms with Crippen LogP contribution in [0.3, 0.4) is 0 Å². The highest BCUT2D eigenvalue weighted by atomic mass is 35.5. The zero-order chi connectivity index (χ0) is 14.5. The lowest BCUT2D eigenvalue weighted by atomic mass is 10.3. The first-order valence-corrected chi connectivity index (χ1v) is 7.23. The summed E-state index contributed by atoms with van der Waals surface area (Å²) in [5.74, 6) is -0.297. The lowest BCUT2D eigenvalue weighted by Crippen LogP contribution is -2.34. The summed E-state index contributed by atoms with van der Waals surface area (Å²) in [6.07, 6.45) is 4.76. The molecule has 2 aromatic heterocycles. The molecule has 1 amide bonds. The number of carbonyl (C=O) groups excluding carboxylic acids is 1. The molecule has 2 heterocycles. The highest BCUT2D eigenvalue weighted by molar-refractivity contribution is 7.15. The Balaban J connectivity index is 2.17. The topological polar surface area (TPSA) is 78.1 Å². The van der Waals surface area contributed by atoms with Crippen molar-refractivity contribution >= 4 is 39.9 Å². The van der Waals surface area contributed by atoms with Gasteiger partial charge in [-0.1, -0.05) is 11.6 Å². The third-order valence-corrected chi connectivity index (χ3v) is 3.72. The molecule has 20 heavy (non-hydrogen) atoms. The molecule has 0 saturated carbocycles. The number of aliphatic hydroxyl groups is 2. The lowest BCUT2D eigenvalue weighted by Gasteiger charge is -2.18. The average Bonchev–Trinajstić information content (AvgIpc) is 2.97. The SMILES string of the molecule is O=C(/C=C/c1c(Cl)nc2sccn12)N(CCO)CCO. The normalized spacial score (nSPS) is 11.6. The second-order valence-electron chi connectivity index (χ2n) is 3.95. The van der Waals surface area contributed by atoms with Gasteiger partial charge in [0.15, 0.2) is 10.1 Å². The Labute approximate surface area is 124 Å². The van der Waals surface area contributed by atoms with Gasteiger partial charge in [0.05, 0.1) is 18.9 Å². The molecule has 0 aliphatic rings. The van der Waals surface area contributed by atoms with Crippen molar-refractivity contribution in [2.75, 3.05) is 26.3 Å². The zero-order valence-corrected chi connectivity index (χ0v) is 12.1. The Hall–Kier alpha value is -1.41. The van der Waals surface area contributed by atoms with Crippen LogP contribution in [-0.2, 0) is 4.79 Å². The van der Waals surface area contributed by atoms with E-state index in [0.29, 0.717) is 10.8 Å². The van der Waals surface area contributed by atoms with E-state index in [9.17, 15) is 4.79 Å². The van der Waals surface area contributed by atoms with Crippen molar-refractivity contribution in [1.82, 2.24) is 14.3 Å².